The predicted molar refractivity (Wildman–Crippen MR) is 91.4 cm³/mol. The van der Waals surface area contributed by atoms with Gasteiger partial charge in [0.05, 0.1) is 24.2 Å². The average Bonchev–Trinajstić information content (AvgIpc) is 2.94. The van der Waals surface area contributed by atoms with Crippen LogP contribution in [0.2, 0.25) is 0 Å². The number of carbonyl (C=O) groups is 2. The summed E-state index contributed by atoms with van der Waals surface area (Å²) in [6.07, 6.45) is 0.375. The van der Waals surface area contributed by atoms with Gasteiger partial charge in [-0.2, -0.15) is 0 Å². The highest BCUT2D eigenvalue weighted by molar-refractivity contribution is 7.91. The highest BCUT2D eigenvalue weighted by Gasteiger charge is 2.33. The fraction of sp³-hybridized carbons (Fsp3) is 0.500. The van der Waals surface area contributed by atoms with Crippen LogP contribution in [0.15, 0.2) is 12.1 Å². The van der Waals surface area contributed by atoms with Crippen molar-refractivity contribution in [1.29, 1.82) is 0 Å². The lowest BCUT2D eigenvalue weighted by Crippen LogP contribution is -3.11. The molecular weight excluding hydrogens is 387 g/mol. The summed E-state index contributed by atoms with van der Waals surface area (Å²) in [5.74, 6) is -5.60. The highest BCUT2D eigenvalue weighted by atomic mass is 32.2. The number of likely N-dealkylation sites (N-methyl/N-ethyl adjacent to an activating group) is 2. The first kappa shape index (κ1) is 21.2. The van der Waals surface area contributed by atoms with Gasteiger partial charge in [-0.15, -0.1) is 0 Å². The molecule has 0 radical (unpaired) electrons. The molecule has 0 aromatic heterocycles. The van der Waals surface area contributed by atoms with Gasteiger partial charge in [0.25, 0.3) is 11.8 Å². The zero-order chi connectivity index (χ0) is 20.4. The number of nitrogens with one attached hydrogen (secondary N) is 2. The molecule has 1 aliphatic rings. The van der Waals surface area contributed by atoms with Crippen LogP contribution in [0.5, 0.6) is 0 Å². The number of amides is 2. The molecule has 0 bridgehead atoms. The van der Waals surface area contributed by atoms with Crippen LogP contribution in [0.3, 0.4) is 0 Å². The maximum Gasteiger partial charge on any atom is 0.279 e. The molecule has 2 N–H and O–H groups in total. The Balaban J connectivity index is 1.87. The molecule has 150 valence electrons. The fourth-order valence-corrected chi connectivity index (χ4v) is 4.60. The van der Waals surface area contributed by atoms with Gasteiger partial charge in [-0.05, 0) is 18.6 Å². The zero-order valence-electron chi connectivity index (χ0n) is 14.9. The standard InChI is InChI=1S/C16H20F3N3O4S/c1-21(8-14(24)22(2)10-5-6-27(25,26)9-10)7-13(23)20-12-4-3-11(17)15(18)16(12)19/h3-4,10H,5-9H2,1-2H3,(H,20,23)/p+1/t10-/m1/s1. The SMILES string of the molecule is CN(C(=O)C[NH+](C)CC(=O)Nc1ccc(F)c(F)c1F)[C@@H]1CCS(=O)(=O)C1. The number of rotatable bonds is 6. The monoisotopic (exact) mass is 408 g/mol. The molecule has 1 aromatic carbocycles. The Kier molecular flexibility index (Phi) is 6.47. The third-order valence-corrected chi connectivity index (χ3v) is 6.12. The number of hydrogen-bond acceptors (Lipinski definition) is 4. The van der Waals surface area contributed by atoms with Crippen molar-refractivity contribution in [3.05, 3.63) is 29.6 Å². The minimum atomic E-state index is -3.12. The first-order valence-corrected chi connectivity index (χ1v) is 10.0. The van der Waals surface area contributed by atoms with E-state index in [0.717, 1.165) is 6.07 Å². The Morgan fingerprint density at radius 2 is 1.89 bits per heavy atom. The molecule has 27 heavy (non-hydrogen) atoms. The second-order valence-electron chi connectivity index (χ2n) is 6.64. The van der Waals surface area contributed by atoms with E-state index in [-0.39, 0.29) is 36.5 Å². The maximum absolute atomic E-state index is 13.6. The number of quaternary nitrogens is 1. The van der Waals surface area contributed by atoms with E-state index in [0.29, 0.717) is 17.4 Å². The minimum absolute atomic E-state index is 0.0418. The molecule has 0 spiro atoms. The quantitative estimate of drug-likeness (QED) is 0.604. The number of carbonyl (C=O) groups excluding carboxylic acids is 2. The van der Waals surface area contributed by atoms with Crippen molar-refractivity contribution in [1.82, 2.24) is 4.90 Å². The average molecular weight is 408 g/mol. The molecule has 0 saturated carbocycles. The molecule has 1 unspecified atom stereocenters. The maximum atomic E-state index is 13.6. The fourth-order valence-electron chi connectivity index (χ4n) is 2.82. The summed E-state index contributed by atoms with van der Waals surface area (Å²) in [6.45, 7) is -0.304. The number of sulfone groups is 1. The van der Waals surface area contributed by atoms with E-state index in [9.17, 15) is 31.2 Å². The third-order valence-electron chi connectivity index (χ3n) is 4.37. The molecular formula is C16H21F3N3O4S+. The van der Waals surface area contributed by atoms with Crippen LogP contribution in [0, 0.1) is 17.5 Å². The topological polar surface area (TPSA) is 88.0 Å². The Hall–Kier alpha value is -2.14. The van der Waals surface area contributed by atoms with Crippen LogP contribution in [0.25, 0.3) is 0 Å². The Labute approximate surface area is 155 Å². The highest BCUT2D eigenvalue weighted by Crippen LogP contribution is 2.19. The minimum Gasteiger partial charge on any atom is -0.337 e. The lowest BCUT2D eigenvalue weighted by atomic mass is 10.2. The van der Waals surface area contributed by atoms with Crippen molar-refractivity contribution in [2.45, 2.75) is 12.5 Å². The van der Waals surface area contributed by atoms with Crippen LogP contribution in [0.1, 0.15) is 6.42 Å². The second-order valence-corrected chi connectivity index (χ2v) is 8.87. The third kappa shape index (κ3) is 5.42. The summed E-state index contributed by atoms with van der Waals surface area (Å²) in [7, 11) is -0.0588. The zero-order valence-corrected chi connectivity index (χ0v) is 15.7. The smallest absolute Gasteiger partial charge is 0.279 e. The van der Waals surface area contributed by atoms with Gasteiger partial charge in [-0.25, -0.2) is 21.6 Å². The molecule has 1 aromatic rings. The van der Waals surface area contributed by atoms with E-state index in [1.807, 2.05) is 0 Å². The number of benzene rings is 1. The Morgan fingerprint density at radius 3 is 2.48 bits per heavy atom. The van der Waals surface area contributed by atoms with Gasteiger partial charge in [0.2, 0.25) is 0 Å². The summed E-state index contributed by atoms with van der Waals surface area (Å²) in [4.78, 5) is 26.0. The number of nitrogens with zero attached hydrogens (tertiary/aromatic N) is 1. The van der Waals surface area contributed by atoms with Crippen LogP contribution < -0.4 is 10.2 Å². The van der Waals surface area contributed by atoms with Gasteiger partial charge in [-0.1, -0.05) is 0 Å². The van der Waals surface area contributed by atoms with Crippen molar-refractivity contribution in [3.8, 4) is 0 Å². The van der Waals surface area contributed by atoms with E-state index in [4.69, 9.17) is 0 Å². The molecule has 2 atom stereocenters. The van der Waals surface area contributed by atoms with Crippen molar-refractivity contribution in [3.63, 3.8) is 0 Å². The largest absolute Gasteiger partial charge is 0.337 e. The molecule has 2 amide bonds. The molecule has 1 heterocycles. The lowest BCUT2D eigenvalue weighted by molar-refractivity contribution is -0.862. The summed E-state index contributed by atoms with van der Waals surface area (Å²) in [5, 5.41) is 2.13. The van der Waals surface area contributed by atoms with Crippen LogP contribution in [-0.4, -0.2) is 69.9 Å². The van der Waals surface area contributed by atoms with Crippen LogP contribution in [0.4, 0.5) is 18.9 Å². The van der Waals surface area contributed by atoms with Gasteiger partial charge in [0, 0.05) is 13.1 Å². The molecule has 1 aliphatic heterocycles. The van der Waals surface area contributed by atoms with E-state index in [1.54, 1.807) is 7.05 Å². The number of anilines is 1. The Bertz CT molecular complexity index is 848. The molecule has 1 saturated heterocycles. The van der Waals surface area contributed by atoms with Crippen LogP contribution >= 0.6 is 0 Å². The van der Waals surface area contributed by atoms with Gasteiger partial charge in [0.1, 0.15) is 0 Å². The van der Waals surface area contributed by atoms with E-state index >= 15 is 0 Å². The van der Waals surface area contributed by atoms with E-state index in [1.165, 1.54) is 11.9 Å². The molecule has 1 fully saturated rings. The van der Waals surface area contributed by atoms with Gasteiger partial charge < -0.3 is 15.1 Å². The van der Waals surface area contributed by atoms with E-state index < -0.39 is 38.9 Å². The molecule has 7 nitrogen and oxygen atoms in total. The lowest BCUT2D eigenvalue weighted by Gasteiger charge is -2.24. The van der Waals surface area contributed by atoms with Gasteiger partial charge in [0.15, 0.2) is 40.4 Å². The van der Waals surface area contributed by atoms with Gasteiger partial charge in [-0.3, -0.25) is 9.59 Å². The van der Waals surface area contributed by atoms with Crippen molar-refractivity contribution in [2.24, 2.45) is 0 Å². The molecule has 11 heteroatoms. The molecule has 0 aliphatic carbocycles. The van der Waals surface area contributed by atoms with Crippen molar-refractivity contribution < 1.29 is 36.1 Å². The second kappa shape index (κ2) is 8.26. The first-order chi connectivity index (χ1) is 12.5. The normalized spacial score (nSPS) is 19.5. The van der Waals surface area contributed by atoms with Crippen molar-refractivity contribution in [2.75, 3.05) is 44.0 Å². The number of hydrogen-bond donors (Lipinski definition) is 2. The number of halogens is 3. The predicted octanol–water partition coefficient (Wildman–Crippen LogP) is -0.797. The van der Waals surface area contributed by atoms with Crippen molar-refractivity contribution >= 4 is 27.3 Å². The summed E-state index contributed by atoms with van der Waals surface area (Å²) in [5.41, 5.74) is -0.494. The Morgan fingerprint density at radius 1 is 1.22 bits per heavy atom. The van der Waals surface area contributed by atoms with E-state index in [2.05, 4.69) is 5.32 Å². The van der Waals surface area contributed by atoms with Crippen LogP contribution in [-0.2, 0) is 19.4 Å². The molecule has 2 rings (SSSR count). The van der Waals surface area contributed by atoms with Gasteiger partial charge >= 0.3 is 0 Å². The summed E-state index contributed by atoms with van der Waals surface area (Å²) >= 11 is 0. The summed E-state index contributed by atoms with van der Waals surface area (Å²) in [6, 6.07) is 1.21. The summed E-state index contributed by atoms with van der Waals surface area (Å²) < 4.78 is 62.6. The first-order valence-electron chi connectivity index (χ1n) is 8.21.